The van der Waals surface area contributed by atoms with Crippen molar-refractivity contribution < 1.29 is 9.84 Å². The molecule has 3 nitrogen and oxygen atoms in total. The quantitative estimate of drug-likeness (QED) is 0.571. The second kappa shape index (κ2) is 7.51. The van der Waals surface area contributed by atoms with E-state index in [1.165, 1.54) is 6.42 Å². The first-order chi connectivity index (χ1) is 9.10. The fraction of sp³-hybridized carbons (Fsp3) is 0.625. The monoisotopic (exact) mass is 265 g/mol. The average Bonchev–Trinajstić information content (AvgIpc) is 2.39. The van der Waals surface area contributed by atoms with Gasteiger partial charge in [0.15, 0.2) is 0 Å². The van der Waals surface area contributed by atoms with Crippen LogP contribution in [0, 0.1) is 5.92 Å². The van der Waals surface area contributed by atoms with Gasteiger partial charge in [0.25, 0.3) is 0 Å². The van der Waals surface area contributed by atoms with Gasteiger partial charge in [0, 0.05) is 19.6 Å². The van der Waals surface area contributed by atoms with Crippen LogP contribution in [0.2, 0.25) is 0 Å². The zero-order chi connectivity index (χ0) is 14.3. The number of allylic oxidation sites excluding steroid dienone is 2. The van der Waals surface area contributed by atoms with E-state index in [1.54, 1.807) is 13.2 Å². The molecule has 3 heteroatoms. The van der Waals surface area contributed by atoms with E-state index in [1.807, 2.05) is 26.1 Å². The zero-order valence-electron chi connectivity index (χ0n) is 12.4. The van der Waals surface area contributed by atoms with E-state index >= 15 is 0 Å². The fourth-order valence-electron chi connectivity index (χ4n) is 3.17. The Bertz CT molecular complexity index is 358. The molecule has 0 aromatic rings. The maximum Gasteiger partial charge on any atom is 0.108 e. The predicted molar refractivity (Wildman–Crippen MR) is 80.3 cm³/mol. The van der Waals surface area contributed by atoms with Gasteiger partial charge in [-0.15, -0.1) is 0 Å². The zero-order valence-corrected chi connectivity index (χ0v) is 12.4. The van der Waals surface area contributed by atoms with Gasteiger partial charge in [0.2, 0.25) is 0 Å². The number of methoxy groups -OCH3 is 1. The molecule has 1 saturated carbocycles. The van der Waals surface area contributed by atoms with Crippen LogP contribution in [0.15, 0.2) is 36.1 Å². The lowest BCUT2D eigenvalue weighted by molar-refractivity contribution is -0.0497. The molecule has 0 aliphatic heterocycles. The third-order valence-corrected chi connectivity index (χ3v) is 3.98. The Morgan fingerprint density at radius 2 is 2.26 bits per heavy atom. The molecule has 2 atom stereocenters. The first-order valence-electron chi connectivity index (χ1n) is 7.03. The highest BCUT2D eigenvalue weighted by molar-refractivity contribution is 5.35. The van der Waals surface area contributed by atoms with Crippen LogP contribution < -0.4 is 5.32 Å². The molecule has 0 bridgehead atoms. The topological polar surface area (TPSA) is 41.5 Å². The van der Waals surface area contributed by atoms with Gasteiger partial charge in [-0.2, -0.15) is 0 Å². The van der Waals surface area contributed by atoms with Crippen molar-refractivity contribution in [1.82, 2.24) is 5.32 Å². The van der Waals surface area contributed by atoms with Crippen molar-refractivity contribution in [1.29, 1.82) is 0 Å². The van der Waals surface area contributed by atoms with Gasteiger partial charge < -0.3 is 15.2 Å². The van der Waals surface area contributed by atoms with Crippen molar-refractivity contribution in [3.8, 4) is 0 Å². The second-order valence-corrected chi connectivity index (χ2v) is 5.19. The molecule has 1 fully saturated rings. The van der Waals surface area contributed by atoms with Crippen LogP contribution in [0.25, 0.3) is 0 Å². The van der Waals surface area contributed by atoms with E-state index in [0.717, 1.165) is 31.4 Å². The lowest BCUT2D eigenvalue weighted by Gasteiger charge is -2.44. The van der Waals surface area contributed by atoms with Crippen LogP contribution >= 0.6 is 0 Å². The van der Waals surface area contributed by atoms with Crippen molar-refractivity contribution in [3.63, 3.8) is 0 Å². The number of hydrogen-bond donors (Lipinski definition) is 2. The van der Waals surface area contributed by atoms with E-state index in [0.29, 0.717) is 5.92 Å². The number of nitrogens with one attached hydrogen (secondary N) is 1. The number of hydrogen-bond acceptors (Lipinski definition) is 3. The van der Waals surface area contributed by atoms with Crippen LogP contribution in [-0.2, 0) is 4.74 Å². The highest BCUT2D eigenvalue weighted by Gasteiger charge is 2.42. The van der Waals surface area contributed by atoms with Gasteiger partial charge in [0.05, 0.1) is 5.60 Å². The summed E-state index contributed by atoms with van der Waals surface area (Å²) in [5.41, 5.74) is 0.698. The maximum atomic E-state index is 9.53. The second-order valence-electron chi connectivity index (χ2n) is 5.19. The highest BCUT2D eigenvalue weighted by Crippen LogP contribution is 2.42. The van der Waals surface area contributed by atoms with E-state index in [-0.39, 0.29) is 11.4 Å². The molecule has 108 valence electrons. The fourth-order valence-corrected chi connectivity index (χ4v) is 3.17. The number of aliphatic hydroxyl groups excluding tert-OH is 1. The molecule has 1 aliphatic carbocycles. The SMILES string of the molecule is C=C(O)C=C(/C=C\C)[C@@]1(OC)CCCCC1CNC. The largest absolute Gasteiger partial charge is 0.509 e. The van der Waals surface area contributed by atoms with Crippen LogP contribution in [0.3, 0.4) is 0 Å². The summed E-state index contributed by atoms with van der Waals surface area (Å²) in [6, 6.07) is 0. The maximum absolute atomic E-state index is 9.53. The first-order valence-corrected chi connectivity index (χ1v) is 7.03. The molecule has 0 amide bonds. The summed E-state index contributed by atoms with van der Waals surface area (Å²) in [5, 5.41) is 12.8. The normalized spacial score (nSPS) is 28.8. The molecule has 19 heavy (non-hydrogen) atoms. The van der Waals surface area contributed by atoms with Crippen molar-refractivity contribution in [2.75, 3.05) is 20.7 Å². The van der Waals surface area contributed by atoms with Crippen LogP contribution in [0.5, 0.6) is 0 Å². The summed E-state index contributed by atoms with van der Waals surface area (Å²) in [5.74, 6) is 0.497. The third-order valence-electron chi connectivity index (χ3n) is 3.98. The predicted octanol–water partition coefficient (Wildman–Crippen LogP) is 3.36. The Kier molecular flexibility index (Phi) is 6.32. The van der Waals surface area contributed by atoms with Gasteiger partial charge in [0.1, 0.15) is 5.76 Å². The van der Waals surface area contributed by atoms with Crippen LogP contribution in [0.4, 0.5) is 0 Å². The van der Waals surface area contributed by atoms with Crippen molar-refractivity contribution in [2.24, 2.45) is 5.92 Å². The Hall–Kier alpha value is -1.06. The number of ether oxygens (including phenoxy) is 1. The Morgan fingerprint density at radius 1 is 1.53 bits per heavy atom. The summed E-state index contributed by atoms with van der Waals surface area (Å²) in [7, 11) is 3.74. The smallest absolute Gasteiger partial charge is 0.108 e. The summed E-state index contributed by atoms with van der Waals surface area (Å²) >= 11 is 0. The highest BCUT2D eigenvalue weighted by atomic mass is 16.5. The summed E-state index contributed by atoms with van der Waals surface area (Å²) in [6.45, 7) is 6.48. The van der Waals surface area contributed by atoms with E-state index in [4.69, 9.17) is 4.74 Å². The molecule has 2 N–H and O–H groups in total. The molecular formula is C16H27NO2. The average molecular weight is 265 g/mol. The minimum absolute atomic E-state index is 0.0818. The van der Waals surface area contributed by atoms with Gasteiger partial charge in [-0.25, -0.2) is 0 Å². The molecule has 1 unspecified atom stereocenters. The van der Waals surface area contributed by atoms with Crippen molar-refractivity contribution in [2.45, 2.75) is 38.2 Å². The molecule has 0 heterocycles. The van der Waals surface area contributed by atoms with E-state index < -0.39 is 0 Å². The first kappa shape index (κ1) is 16.0. The number of rotatable bonds is 6. The molecule has 0 spiro atoms. The van der Waals surface area contributed by atoms with Crippen molar-refractivity contribution in [3.05, 3.63) is 36.1 Å². The van der Waals surface area contributed by atoms with Crippen molar-refractivity contribution >= 4 is 0 Å². The van der Waals surface area contributed by atoms with Gasteiger partial charge in [-0.05, 0) is 38.5 Å². The standard InChI is InChI=1S/C16H27NO2/c1-5-8-14(11-13(2)18)16(19-4)10-7-6-9-15(16)12-17-3/h5,8,11,15,17-18H,2,6-7,9-10,12H2,1,3-4H3/b8-5-,14-11?/t15?,16-/m0/s1. The Labute approximate surface area is 117 Å². The molecule has 0 aromatic carbocycles. The minimum Gasteiger partial charge on any atom is -0.509 e. The van der Waals surface area contributed by atoms with E-state index in [9.17, 15) is 5.11 Å². The van der Waals surface area contributed by atoms with Crippen LogP contribution in [-0.4, -0.2) is 31.4 Å². The van der Waals surface area contributed by atoms with E-state index in [2.05, 4.69) is 11.9 Å². The molecule has 0 saturated heterocycles. The summed E-state index contributed by atoms with van der Waals surface area (Å²) < 4.78 is 5.95. The Morgan fingerprint density at radius 3 is 2.79 bits per heavy atom. The molecule has 0 radical (unpaired) electrons. The Balaban J connectivity index is 3.18. The molecular weight excluding hydrogens is 238 g/mol. The molecule has 1 aliphatic rings. The van der Waals surface area contributed by atoms with Crippen LogP contribution in [0.1, 0.15) is 32.6 Å². The lowest BCUT2D eigenvalue weighted by atomic mass is 9.70. The summed E-state index contributed by atoms with van der Waals surface area (Å²) in [6.07, 6.45) is 10.3. The van der Waals surface area contributed by atoms with Gasteiger partial charge in [-0.1, -0.05) is 31.6 Å². The number of aliphatic hydroxyl groups is 1. The van der Waals surface area contributed by atoms with Gasteiger partial charge in [-0.3, -0.25) is 0 Å². The minimum atomic E-state index is -0.320. The van der Waals surface area contributed by atoms with Gasteiger partial charge >= 0.3 is 0 Å². The molecule has 0 aromatic heterocycles. The lowest BCUT2D eigenvalue weighted by Crippen LogP contribution is -2.47. The third kappa shape index (κ3) is 3.71. The summed E-state index contributed by atoms with van der Waals surface area (Å²) in [4.78, 5) is 0. The molecule has 1 rings (SSSR count).